The summed E-state index contributed by atoms with van der Waals surface area (Å²) in [6.07, 6.45) is 0. The van der Waals surface area contributed by atoms with Crippen molar-refractivity contribution in [2.45, 2.75) is 30.2 Å². The summed E-state index contributed by atoms with van der Waals surface area (Å²) in [7, 11) is 0. The summed E-state index contributed by atoms with van der Waals surface area (Å²) < 4.78 is 13.8. The van der Waals surface area contributed by atoms with Crippen LogP contribution in [0.25, 0.3) is 0 Å². The maximum absolute atomic E-state index is 13.8. The van der Waals surface area contributed by atoms with E-state index in [1.165, 1.54) is 23.4 Å². The van der Waals surface area contributed by atoms with Gasteiger partial charge >= 0.3 is 0 Å². The number of benzene rings is 2. The van der Waals surface area contributed by atoms with E-state index in [-0.39, 0.29) is 12.4 Å². The van der Waals surface area contributed by atoms with Crippen molar-refractivity contribution < 1.29 is 9.50 Å². The van der Waals surface area contributed by atoms with Crippen molar-refractivity contribution in [3.8, 4) is 0 Å². The Labute approximate surface area is 111 Å². The van der Waals surface area contributed by atoms with Gasteiger partial charge in [0.25, 0.3) is 0 Å². The topological polar surface area (TPSA) is 20.2 Å². The number of hydrogen-bond donors (Lipinski definition) is 1. The van der Waals surface area contributed by atoms with Crippen LogP contribution < -0.4 is 0 Å². The van der Waals surface area contributed by atoms with Crippen molar-refractivity contribution in [3.63, 3.8) is 0 Å². The second-order valence-electron chi connectivity index (χ2n) is 4.29. The van der Waals surface area contributed by atoms with Crippen LogP contribution in [0.4, 0.5) is 4.39 Å². The smallest absolute Gasteiger partial charge is 0.137 e. The van der Waals surface area contributed by atoms with E-state index in [9.17, 15) is 4.39 Å². The van der Waals surface area contributed by atoms with Gasteiger partial charge in [0.2, 0.25) is 0 Å². The molecule has 0 saturated carbocycles. The van der Waals surface area contributed by atoms with Gasteiger partial charge in [-0.3, -0.25) is 0 Å². The fraction of sp³-hybridized carbons (Fsp3) is 0.200. The van der Waals surface area contributed by atoms with Crippen LogP contribution in [0.1, 0.15) is 16.7 Å². The van der Waals surface area contributed by atoms with E-state index in [4.69, 9.17) is 5.11 Å². The van der Waals surface area contributed by atoms with Crippen LogP contribution in [0.2, 0.25) is 0 Å². The fourth-order valence-electron chi connectivity index (χ4n) is 1.76. The van der Waals surface area contributed by atoms with Gasteiger partial charge in [0.1, 0.15) is 5.82 Å². The first kappa shape index (κ1) is 13.1. The number of aliphatic hydroxyl groups excluding tert-OH is 1. The highest BCUT2D eigenvalue weighted by Gasteiger charge is 2.07. The number of aryl methyl sites for hydroxylation is 2. The molecule has 0 saturated heterocycles. The predicted molar refractivity (Wildman–Crippen MR) is 72.4 cm³/mol. The molecule has 94 valence electrons. The molecule has 2 aromatic carbocycles. The van der Waals surface area contributed by atoms with Crippen molar-refractivity contribution in [2.24, 2.45) is 0 Å². The maximum atomic E-state index is 13.8. The first-order valence-corrected chi connectivity index (χ1v) is 6.56. The normalized spacial score (nSPS) is 10.7. The van der Waals surface area contributed by atoms with Crippen molar-refractivity contribution in [1.29, 1.82) is 0 Å². The van der Waals surface area contributed by atoms with Crippen molar-refractivity contribution >= 4 is 11.8 Å². The maximum Gasteiger partial charge on any atom is 0.137 e. The second kappa shape index (κ2) is 5.55. The van der Waals surface area contributed by atoms with Crippen LogP contribution >= 0.6 is 11.8 Å². The summed E-state index contributed by atoms with van der Waals surface area (Å²) in [6.45, 7) is 3.93. The Balaban J connectivity index is 2.28. The molecule has 2 rings (SSSR count). The van der Waals surface area contributed by atoms with Gasteiger partial charge in [0.15, 0.2) is 0 Å². The lowest BCUT2D eigenvalue weighted by molar-refractivity contribution is 0.281. The predicted octanol–water partition coefficient (Wildman–Crippen LogP) is 4.09. The first-order valence-electron chi connectivity index (χ1n) is 5.74. The lowest BCUT2D eigenvalue weighted by atomic mass is 10.2. The van der Waals surface area contributed by atoms with Gasteiger partial charge in [0.05, 0.1) is 6.61 Å². The number of rotatable bonds is 3. The number of aliphatic hydroxyl groups is 1. The Morgan fingerprint density at radius 1 is 1.06 bits per heavy atom. The molecule has 0 heterocycles. The fourth-order valence-corrected chi connectivity index (χ4v) is 2.64. The third kappa shape index (κ3) is 2.92. The van der Waals surface area contributed by atoms with Crippen LogP contribution in [0.3, 0.4) is 0 Å². The highest BCUT2D eigenvalue weighted by Crippen LogP contribution is 2.32. The van der Waals surface area contributed by atoms with E-state index in [1.807, 2.05) is 26.0 Å². The molecule has 1 N–H and O–H groups in total. The molecule has 0 atom stereocenters. The minimum Gasteiger partial charge on any atom is -0.392 e. The van der Waals surface area contributed by atoms with Gasteiger partial charge in [-0.25, -0.2) is 4.39 Å². The Kier molecular flexibility index (Phi) is 4.04. The zero-order valence-corrected chi connectivity index (χ0v) is 11.2. The molecule has 0 amide bonds. The average molecular weight is 262 g/mol. The Bertz CT molecular complexity index is 566. The van der Waals surface area contributed by atoms with Crippen LogP contribution in [0.15, 0.2) is 46.2 Å². The molecule has 18 heavy (non-hydrogen) atoms. The van der Waals surface area contributed by atoms with E-state index in [0.29, 0.717) is 10.5 Å². The third-order valence-electron chi connectivity index (χ3n) is 2.73. The molecular weight excluding hydrogens is 247 g/mol. The summed E-state index contributed by atoms with van der Waals surface area (Å²) >= 11 is 1.41. The first-order chi connectivity index (χ1) is 8.60. The van der Waals surface area contributed by atoms with Gasteiger partial charge < -0.3 is 5.11 Å². The third-order valence-corrected chi connectivity index (χ3v) is 3.96. The van der Waals surface area contributed by atoms with Gasteiger partial charge in [-0.15, -0.1) is 0 Å². The summed E-state index contributed by atoms with van der Waals surface area (Å²) in [5.74, 6) is -0.286. The van der Waals surface area contributed by atoms with Crippen molar-refractivity contribution in [1.82, 2.24) is 0 Å². The highest BCUT2D eigenvalue weighted by molar-refractivity contribution is 7.99. The van der Waals surface area contributed by atoms with E-state index in [0.717, 1.165) is 10.5 Å². The Hall–Kier alpha value is -1.32. The average Bonchev–Trinajstić information content (AvgIpc) is 2.34. The van der Waals surface area contributed by atoms with Gasteiger partial charge in [0, 0.05) is 9.79 Å². The summed E-state index contributed by atoms with van der Waals surface area (Å²) in [5, 5.41) is 8.94. The van der Waals surface area contributed by atoms with E-state index in [2.05, 4.69) is 6.07 Å². The van der Waals surface area contributed by atoms with E-state index >= 15 is 0 Å². The van der Waals surface area contributed by atoms with Gasteiger partial charge in [-0.1, -0.05) is 35.5 Å². The van der Waals surface area contributed by atoms with Gasteiger partial charge in [-0.2, -0.15) is 0 Å². The number of halogens is 1. The standard InChI is InChI=1S/C15H15FOS/c1-10-3-5-14(11(2)7-10)18-15-6-4-12(9-17)8-13(15)16/h3-8,17H,9H2,1-2H3. The molecule has 0 unspecified atom stereocenters. The summed E-state index contributed by atoms with van der Waals surface area (Å²) in [6, 6.07) is 11.0. The zero-order valence-electron chi connectivity index (χ0n) is 10.4. The molecule has 2 aromatic rings. The van der Waals surface area contributed by atoms with Crippen LogP contribution in [-0.4, -0.2) is 5.11 Å². The molecule has 0 aliphatic rings. The van der Waals surface area contributed by atoms with Crippen LogP contribution in [0.5, 0.6) is 0 Å². The molecule has 0 bridgehead atoms. The minimum atomic E-state index is -0.286. The Morgan fingerprint density at radius 3 is 2.39 bits per heavy atom. The molecule has 0 aliphatic heterocycles. The second-order valence-corrected chi connectivity index (χ2v) is 5.38. The quantitative estimate of drug-likeness (QED) is 0.899. The highest BCUT2D eigenvalue weighted by atomic mass is 32.2. The van der Waals surface area contributed by atoms with E-state index < -0.39 is 0 Å². The monoisotopic (exact) mass is 262 g/mol. The lowest BCUT2D eigenvalue weighted by Crippen LogP contribution is -1.88. The summed E-state index contributed by atoms with van der Waals surface area (Å²) in [5.41, 5.74) is 2.94. The molecular formula is C15H15FOS. The molecule has 0 aliphatic carbocycles. The Morgan fingerprint density at radius 2 is 1.78 bits per heavy atom. The molecule has 0 aromatic heterocycles. The van der Waals surface area contributed by atoms with Crippen molar-refractivity contribution in [3.05, 3.63) is 58.9 Å². The van der Waals surface area contributed by atoms with Crippen LogP contribution in [-0.2, 0) is 6.61 Å². The molecule has 0 spiro atoms. The summed E-state index contributed by atoms with van der Waals surface area (Å²) in [4.78, 5) is 1.63. The minimum absolute atomic E-state index is 0.134. The molecule has 1 nitrogen and oxygen atoms in total. The molecule has 0 fully saturated rings. The lowest BCUT2D eigenvalue weighted by Gasteiger charge is -2.08. The van der Waals surface area contributed by atoms with E-state index in [1.54, 1.807) is 12.1 Å². The SMILES string of the molecule is Cc1ccc(Sc2ccc(CO)cc2F)c(C)c1. The zero-order chi connectivity index (χ0) is 13.1. The molecule has 0 radical (unpaired) electrons. The largest absolute Gasteiger partial charge is 0.392 e. The van der Waals surface area contributed by atoms with Crippen molar-refractivity contribution in [2.75, 3.05) is 0 Å². The number of hydrogen-bond acceptors (Lipinski definition) is 2. The molecule has 3 heteroatoms. The van der Waals surface area contributed by atoms with Gasteiger partial charge in [-0.05, 0) is 43.2 Å². The van der Waals surface area contributed by atoms with Crippen LogP contribution in [0, 0.1) is 19.7 Å².